The van der Waals surface area contributed by atoms with E-state index in [0.29, 0.717) is 6.42 Å². The fourth-order valence-corrected chi connectivity index (χ4v) is 3.16. The van der Waals surface area contributed by atoms with Crippen molar-refractivity contribution in [3.05, 3.63) is 28.2 Å². The second-order valence-electron chi connectivity index (χ2n) is 5.76. The highest BCUT2D eigenvalue weighted by molar-refractivity contribution is 9.10. The van der Waals surface area contributed by atoms with Crippen molar-refractivity contribution in [1.82, 2.24) is 0 Å². The molecule has 1 aliphatic heterocycles. The molecule has 3 heteroatoms. The number of aliphatic hydroxyl groups excluding tert-OH is 1. The van der Waals surface area contributed by atoms with Gasteiger partial charge in [0, 0.05) is 16.5 Å². The molecule has 1 N–H and O–H groups in total. The van der Waals surface area contributed by atoms with Gasteiger partial charge < -0.3 is 9.84 Å². The van der Waals surface area contributed by atoms with Crippen LogP contribution in [0.25, 0.3) is 0 Å². The zero-order valence-electron chi connectivity index (χ0n) is 11.8. The number of fused-ring (bicyclic) bond motifs is 1. The molecule has 2 atom stereocenters. The average molecular weight is 327 g/mol. The number of benzene rings is 1. The molecule has 0 aromatic heterocycles. The molecule has 1 aromatic rings. The van der Waals surface area contributed by atoms with E-state index in [0.717, 1.165) is 22.2 Å². The van der Waals surface area contributed by atoms with E-state index in [2.05, 4.69) is 29.8 Å². The highest BCUT2D eigenvalue weighted by atomic mass is 79.9. The van der Waals surface area contributed by atoms with Gasteiger partial charge in [0.15, 0.2) is 0 Å². The van der Waals surface area contributed by atoms with Gasteiger partial charge in [-0.15, -0.1) is 0 Å². The molecule has 1 aliphatic rings. The minimum atomic E-state index is -0.419. The molecule has 2 rings (SSSR count). The number of hydrogen-bond donors (Lipinski definition) is 1. The van der Waals surface area contributed by atoms with Crippen molar-refractivity contribution >= 4 is 15.9 Å². The van der Waals surface area contributed by atoms with Gasteiger partial charge in [0.05, 0.1) is 6.10 Å². The van der Waals surface area contributed by atoms with Crippen LogP contribution in [0.5, 0.6) is 5.75 Å². The Kier molecular flexibility index (Phi) is 4.91. The monoisotopic (exact) mass is 326 g/mol. The Bertz CT molecular complexity index is 433. The van der Waals surface area contributed by atoms with Crippen molar-refractivity contribution in [2.24, 2.45) is 0 Å². The lowest BCUT2D eigenvalue weighted by atomic mass is 9.86. The molecule has 106 valence electrons. The third kappa shape index (κ3) is 3.73. The van der Waals surface area contributed by atoms with E-state index in [4.69, 9.17) is 4.74 Å². The first kappa shape index (κ1) is 14.9. The number of unbranched alkanes of at least 4 members (excludes halogenated alkanes) is 3. The number of ether oxygens (including phenoxy) is 1. The van der Waals surface area contributed by atoms with Crippen LogP contribution >= 0.6 is 15.9 Å². The van der Waals surface area contributed by atoms with Gasteiger partial charge in [-0.05, 0) is 38.0 Å². The predicted octanol–water partition coefficient (Wildman–Crippen LogP) is 4.99. The molecule has 19 heavy (non-hydrogen) atoms. The molecule has 0 saturated heterocycles. The second kappa shape index (κ2) is 6.27. The minimum absolute atomic E-state index is 0.228. The summed E-state index contributed by atoms with van der Waals surface area (Å²) < 4.78 is 7.13. The van der Waals surface area contributed by atoms with Crippen molar-refractivity contribution in [1.29, 1.82) is 0 Å². The second-order valence-corrected chi connectivity index (χ2v) is 6.68. The minimum Gasteiger partial charge on any atom is -0.487 e. The first-order valence-corrected chi connectivity index (χ1v) is 8.00. The topological polar surface area (TPSA) is 29.5 Å². The SMILES string of the molecule is CCCCCCC1(C)C[C@@H](O)c2cc(Br)ccc2O1. The maximum absolute atomic E-state index is 10.3. The Morgan fingerprint density at radius 2 is 2.16 bits per heavy atom. The summed E-state index contributed by atoms with van der Waals surface area (Å²) in [5.41, 5.74) is 0.675. The van der Waals surface area contributed by atoms with Gasteiger partial charge in [-0.25, -0.2) is 0 Å². The maximum Gasteiger partial charge on any atom is 0.126 e. The standard InChI is InChI=1S/C16H23BrO2/c1-3-4-5-6-9-16(2)11-14(18)13-10-12(17)7-8-15(13)19-16/h7-8,10,14,18H,3-6,9,11H2,1-2H3/t14-,16?/m1/s1. The molecular formula is C16H23BrO2. The van der Waals surface area contributed by atoms with Crippen LogP contribution in [0, 0.1) is 0 Å². The van der Waals surface area contributed by atoms with Crippen LogP contribution in [-0.2, 0) is 0 Å². The van der Waals surface area contributed by atoms with E-state index in [1.807, 2.05) is 18.2 Å². The molecule has 0 fully saturated rings. The van der Waals surface area contributed by atoms with Gasteiger partial charge >= 0.3 is 0 Å². The molecule has 2 nitrogen and oxygen atoms in total. The molecule has 0 amide bonds. The molecule has 0 aliphatic carbocycles. The zero-order chi connectivity index (χ0) is 13.9. The fourth-order valence-electron chi connectivity index (χ4n) is 2.78. The summed E-state index contributed by atoms with van der Waals surface area (Å²) in [6.45, 7) is 4.34. The lowest BCUT2D eigenvalue weighted by Gasteiger charge is -2.38. The molecular weight excluding hydrogens is 304 g/mol. The predicted molar refractivity (Wildman–Crippen MR) is 81.5 cm³/mol. The first-order chi connectivity index (χ1) is 9.04. The van der Waals surface area contributed by atoms with Crippen molar-refractivity contribution in [2.45, 2.75) is 64.1 Å². The Hall–Kier alpha value is -0.540. The van der Waals surface area contributed by atoms with Crippen LogP contribution in [0.4, 0.5) is 0 Å². The summed E-state index contributed by atoms with van der Waals surface area (Å²) in [6.07, 6.45) is 6.22. The van der Waals surface area contributed by atoms with E-state index in [1.54, 1.807) is 0 Å². The van der Waals surface area contributed by atoms with Gasteiger partial charge in [0.25, 0.3) is 0 Å². The highest BCUT2D eigenvalue weighted by Gasteiger charge is 2.36. The van der Waals surface area contributed by atoms with Crippen LogP contribution in [0.2, 0.25) is 0 Å². The van der Waals surface area contributed by atoms with E-state index >= 15 is 0 Å². The summed E-state index contributed by atoms with van der Waals surface area (Å²) in [7, 11) is 0. The lowest BCUT2D eigenvalue weighted by Crippen LogP contribution is -2.38. The van der Waals surface area contributed by atoms with E-state index < -0.39 is 6.10 Å². The number of hydrogen-bond acceptors (Lipinski definition) is 2. The van der Waals surface area contributed by atoms with Gasteiger partial charge in [-0.1, -0.05) is 42.1 Å². The van der Waals surface area contributed by atoms with Crippen molar-refractivity contribution in [3.63, 3.8) is 0 Å². The third-order valence-corrected chi connectivity index (χ3v) is 4.36. The number of aliphatic hydroxyl groups is 1. The van der Waals surface area contributed by atoms with Crippen LogP contribution in [0.3, 0.4) is 0 Å². The van der Waals surface area contributed by atoms with E-state index in [1.165, 1.54) is 25.7 Å². The fraction of sp³-hybridized carbons (Fsp3) is 0.625. The summed E-state index contributed by atoms with van der Waals surface area (Å²) in [4.78, 5) is 0. The van der Waals surface area contributed by atoms with E-state index in [-0.39, 0.29) is 5.60 Å². The maximum atomic E-state index is 10.3. The largest absolute Gasteiger partial charge is 0.487 e. The van der Waals surface area contributed by atoms with Gasteiger partial charge in [-0.3, -0.25) is 0 Å². The molecule has 0 spiro atoms. The van der Waals surface area contributed by atoms with Crippen LogP contribution in [0.1, 0.15) is 64.0 Å². The molecule has 1 heterocycles. The molecule has 0 radical (unpaired) electrons. The van der Waals surface area contributed by atoms with E-state index in [9.17, 15) is 5.11 Å². The Morgan fingerprint density at radius 3 is 2.89 bits per heavy atom. The smallest absolute Gasteiger partial charge is 0.126 e. The highest BCUT2D eigenvalue weighted by Crippen LogP contribution is 2.42. The van der Waals surface area contributed by atoms with Crippen molar-refractivity contribution in [3.8, 4) is 5.75 Å². The zero-order valence-corrected chi connectivity index (χ0v) is 13.4. The summed E-state index contributed by atoms with van der Waals surface area (Å²) in [5, 5.41) is 10.3. The van der Waals surface area contributed by atoms with Gasteiger partial charge in [0.1, 0.15) is 11.4 Å². The normalized spacial score (nSPS) is 25.8. The van der Waals surface area contributed by atoms with Crippen LogP contribution < -0.4 is 4.74 Å². The van der Waals surface area contributed by atoms with Gasteiger partial charge in [-0.2, -0.15) is 0 Å². The molecule has 1 unspecified atom stereocenters. The Morgan fingerprint density at radius 1 is 1.37 bits per heavy atom. The van der Waals surface area contributed by atoms with Crippen molar-refractivity contribution in [2.75, 3.05) is 0 Å². The number of halogens is 1. The molecule has 0 bridgehead atoms. The molecule has 0 saturated carbocycles. The molecule has 1 aromatic carbocycles. The van der Waals surface area contributed by atoms with Crippen LogP contribution in [-0.4, -0.2) is 10.7 Å². The lowest BCUT2D eigenvalue weighted by molar-refractivity contribution is -0.00852. The average Bonchev–Trinajstić information content (AvgIpc) is 2.36. The Labute approximate surface area is 124 Å². The Balaban J connectivity index is 2.04. The third-order valence-electron chi connectivity index (χ3n) is 3.87. The van der Waals surface area contributed by atoms with Gasteiger partial charge in [0.2, 0.25) is 0 Å². The first-order valence-electron chi connectivity index (χ1n) is 7.20. The van der Waals surface area contributed by atoms with Crippen LogP contribution in [0.15, 0.2) is 22.7 Å². The number of rotatable bonds is 5. The van der Waals surface area contributed by atoms with Crippen molar-refractivity contribution < 1.29 is 9.84 Å². The summed E-state index contributed by atoms with van der Waals surface area (Å²) in [5.74, 6) is 0.833. The summed E-state index contributed by atoms with van der Waals surface area (Å²) >= 11 is 3.44. The summed E-state index contributed by atoms with van der Waals surface area (Å²) in [6, 6.07) is 5.87. The quantitative estimate of drug-likeness (QED) is 0.772.